The Bertz CT molecular complexity index is 538. The molecule has 100 valence electrons. The molecule has 0 aliphatic rings. The fraction of sp³-hybridized carbons (Fsp3) is 0.333. The second kappa shape index (κ2) is 6.29. The zero-order chi connectivity index (χ0) is 13.7. The van der Waals surface area contributed by atoms with Crippen LogP contribution in [0.5, 0.6) is 5.88 Å². The van der Waals surface area contributed by atoms with Gasteiger partial charge < -0.3 is 10.1 Å². The number of methoxy groups -OCH3 is 1. The third-order valence-corrected chi connectivity index (χ3v) is 3.18. The Morgan fingerprint density at radius 2 is 2.05 bits per heavy atom. The smallest absolute Gasteiger partial charge is 0.240 e. The van der Waals surface area contributed by atoms with E-state index >= 15 is 0 Å². The van der Waals surface area contributed by atoms with Gasteiger partial charge in [-0.15, -0.1) is 0 Å². The van der Waals surface area contributed by atoms with E-state index in [4.69, 9.17) is 4.74 Å². The van der Waals surface area contributed by atoms with Gasteiger partial charge in [-0.3, -0.25) is 0 Å². The lowest BCUT2D eigenvalue weighted by molar-refractivity contribution is 0.398. The molecule has 1 aromatic carbocycles. The van der Waals surface area contributed by atoms with Crippen molar-refractivity contribution in [1.82, 2.24) is 15.3 Å². The summed E-state index contributed by atoms with van der Waals surface area (Å²) >= 11 is 0. The monoisotopic (exact) mass is 257 g/mol. The highest BCUT2D eigenvalue weighted by Gasteiger charge is 2.11. The molecule has 0 spiro atoms. The molecule has 1 heterocycles. The largest absolute Gasteiger partial charge is 0.479 e. The summed E-state index contributed by atoms with van der Waals surface area (Å²) in [7, 11) is 3.59. The van der Waals surface area contributed by atoms with Crippen molar-refractivity contribution >= 4 is 0 Å². The van der Waals surface area contributed by atoms with E-state index in [1.165, 1.54) is 5.56 Å². The van der Waals surface area contributed by atoms with Crippen LogP contribution in [0.2, 0.25) is 0 Å². The van der Waals surface area contributed by atoms with E-state index in [9.17, 15) is 0 Å². The topological polar surface area (TPSA) is 47.0 Å². The van der Waals surface area contributed by atoms with E-state index in [0.717, 1.165) is 17.7 Å². The molecule has 1 aromatic heterocycles. The fourth-order valence-electron chi connectivity index (χ4n) is 2.18. The number of rotatable bonds is 5. The molecule has 0 aliphatic carbocycles. The minimum atomic E-state index is 0.350. The van der Waals surface area contributed by atoms with Crippen LogP contribution < -0.4 is 10.1 Å². The van der Waals surface area contributed by atoms with Gasteiger partial charge in [-0.2, -0.15) is 0 Å². The molecule has 1 atom stereocenters. The number of nitrogens with one attached hydrogen (secondary N) is 1. The first-order valence-corrected chi connectivity index (χ1v) is 6.42. The van der Waals surface area contributed by atoms with Crippen LogP contribution in [-0.4, -0.2) is 24.1 Å². The van der Waals surface area contributed by atoms with Crippen molar-refractivity contribution in [2.45, 2.75) is 19.4 Å². The van der Waals surface area contributed by atoms with Crippen molar-refractivity contribution in [1.29, 1.82) is 0 Å². The van der Waals surface area contributed by atoms with E-state index < -0.39 is 0 Å². The van der Waals surface area contributed by atoms with Crippen LogP contribution in [0.3, 0.4) is 0 Å². The van der Waals surface area contributed by atoms with E-state index in [-0.39, 0.29) is 0 Å². The lowest BCUT2D eigenvalue weighted by atomic mass is 10.0. The van der Waals surface area contributed by atoms with Gasteiger partial charge in [-0.25, -0.2) is 9.97 Å². The Balaban J connectivity index is 2.43. The molecule has 4 nitrogen and oxygen atoms in total. The van der Waals surface area contributed by atoms with Gasteiger partial charge >= 0.3 is 0 Å². The summed E-state index contributed by atoms with van der Waals surface area (Å²) in [4.78, 5) is 8.55. The molecule has 0 bridgehead atoms. The van der Waals surface area contributed by atoms with Crippen molar-refractivity contribution in [3.8, 4) is 17.1 Å². The first-order valence-electron chi connectivity index (χ1n) is 6.42. The zero-order valence-corrected chi connectivity index (χ0v) is 11.6. The number of hydrogen-bond acceptors (Lipinski definition) is 4. The third-order valence-electron chi connectivity index (χ3n) is 3.18. The summed E-state index contributed by atoms with van der Waals surface area (Å²) in [5, 5.41) is 3.31. The van der Waals surface area contributed by atoms with Crippen LogP contribution in [-0.2, 0) is 0 Å². The standard InChI is InChI=1S/C15H19N3O/c1-4-13(16-2)11-6-5-7-12(10-11)14-15(19-3)18-9-8-17-14/h5-10,13,16H,4H2,1-3H3. The van der Waals surface area contributed by atoms with Crippen molar-refractivity contribution < 1.29 is 4.74 Å². The Hall–Kier alpha value is -1.94. The highest BCUT2D eigenvalue weighted by atomic mass is 16.5. The summed E-state index contributed by atoms with van der Waals surface area (Å²) in [6, 6.07) is 8.67. The molecule has 1 N–H and O–H groups in total. The highest BCUT2D eigenvalue weighted by Crippen LogP contribution is 2.27. The van der Waals surface area contributed by atoms with Gasteiger partial charge in [0.1, 0.15) is 5.69 Å². The third kappa shape index (κ3) is 2.90. The van der Waals surface area contributed by atoms with Crippen LogP contribution in [0.1, 0.15) is 24.9 Å². The van der Waals surface area contributed by atoms with Crippen LogP contribution >= 0.6 is 0 Å². The summed E-state index contributed by atoms with van der Waals surface area (Å²) < 4.78 is 5.26. The van der Waals surface area contributed by atoms with Crippen molar-refractivity contribution in [2.75, 3.05) is 14.2 Å². The first-order chi connectivity index (χ1) is 9.30. The maximum atomic E-state index is 5.26. The van der Waals surface area contributed by atoms with E-state index in [0.29, 0.717) is 11.9 Å². The second-order valence-electron chi connectivity index (χ2n) is 4.29. The van der Waals surface area contributed by atoms with E-state index in [1.54, 1.807) is 19.5 Å². The van der Waals surface area contributed by atoms with Gasteiger partial charge in [-0.05, 0) is 25.1 Å². The van der Waals surface area contributed by atoms with Gasteiger partial charge in [0.15, 0.2) is 0 Å². The minimum Gasteiger partial charge on any atom is -0.479 e. The molecule has 0 fully saturated rings. The Labute approximate surface area is 113 Å². The minimum absolute atomic E-state index is 0.350. The molecule has 1 unspecified atom stereocenters. The number of aromatic nitrogens is 2. The van der Waals surface area contributed by atoms with E-state index in [2.05, 4.69) is 34.3 Å². The number of hydrogen-bond donors (Lipinski definition) is 1. The lowest BCUT2D eigenvalue weighted by Crippen LogP contribution is -2.15. The van der Waals surface area contributed by atoms with Crippen LogP contribution in [0.15, 0.2) is 36.7 Å². The maximum absolute atomic E-state index is 5.26. The second-order valence-corrected chi connectivity index (χ2v) is 4.29. The summed E-state index contributed by atoms with van der Waals surface area (Å²) in [6.45, 7) is 2.16. The average molecular weight is 257 g/mol. The maximum Gasteiger partial charge on any atom is 0.240 e. The molecule has 4 heteroatoms. The van der Waals surface area contributed by atoms with Gasteiger partial charge in [0, 0.05) is 24.0 Å². The summed E-state index contributed by atoms with van der Waals surface area (Å²) in [5.41, 5.74) is 3.05. The highest BCUT2D eigenvalue weighted by molar-refractivity contribution is 5.64. The summed E-state index contributed by atoms with van der Waals surface area (Å²) in [5.74, 6) is 0.553. The van der Waals surface area contributed by atoms with Gasteiger partial charge in [0.25, 0.3) is 0 Å². The molecular weight excluding hydrogens is 238 g/mol. The van der Waals surface area contributed by atoms with Gasteiger partial charge in [0.05, 0.1) is 7.11 Å². The molecule has 2 rings (SSSR count). The number of benzene rings is 1. The molecule has 0 saturated heterocycles. The van der Waals surface area contributed by atoms with Crippen LogP contribution in [0.4, 0.5) is 0 Å². The van der Waals surface area contributed by atoms with Gasteiger partial charge in [-0.1, -0.05) is 25.1 Å². The number of ether oxygens (including phenoxy) is 1. The fourth-order valence-corrected chi connectivity index (χ4v) is 2.18. The molecule has 0 aliphatic heterocycles. The average Bonchev–Trinajstić information content (AvgIpc) is 2.49. The zero-order valence-electron chi connectivity index (χ0n) is 11.6. The van der Waals surface area contributed by atoms with Crippen molar-refractivity contribution in [2.24, 2.45) is 0 Å². The Kier molecular flexibility index (Phi) is 4.47. The molecule has 0 saturated carbocycles. The van der Waals surface area contributed by atoms with Crippen LogP contribution in [0, 0.1) is 0 Å². The SMILES string of the molecule is CCC(NC)c1cccc(-c2nccnc2OC)c1. The first kappa shape index (κ1) is 13.5. The lowest BCUT2D eigenvalue weighted by Gasteiger charge is -2.15. The molecule has 19 heavy (non-hydrogen) atoms. The van der Waals surface area contributed by atoms with Crippen LogP contribution in [0.25, 0.3) is 11.3 Å². The predicted octanol–water partition coefficient (Wildman–Crippen LogP) is 2.82. The Morgan fingerprint density at radius 3 is 2.74 bits per heavy atom. The Morgan fingerprint density at radius 1 is 1.26 bits per heavy atom. The predicted molar refractivity (Wildman–Crippen MR) is 76.1 cm³/mol. The van der Waals surface area contributed by atoms with Gasteiger partial charge in [0.2, 0.25) is 5.88 Å². The molecular formula is C15H19N3O. The van der Waals surface area contributed by atoms with Crippen molar-refractivity contribution in [3.63, 3.8) is 0 Å². The summed E-state index contributed by atoms with van der Waals surface area (Å²) in [6.07, 6.45) is 4.35. The quantitative estimate of drug-likeness (QED) is 0.894. The normalized spacial score (nSPS) is 12.2. The number of nitrogens with zero attached hydrogens (tertiary/aromatic N) is 2. The molecule has 0 amide bonds. The van der Waals surface area contributed by atoms with Crippen molar-refractivity contribution in [3.05, 3.63) is 42.2 Å². The molecule has 2 aromatic rings. The van der Waals surface area contributed by atoms with E-state index in [1.807, 2.05) is 19.2 Å². The molecule has 0 radical (unpaired) electrons.